The first-order valence-corrected chi connectivity index (χ1v) is 6.34. The van der Waals surface area contributed by atoms with Crippen molar-refractivity contribution in [1.82, 2.24) is 9.97 Å². The molecule has 1 aromatic carbocycles. The van der Waals surface area contributed by atoms with Gasteiger partial charge in [0.05, 0.1) is 17.1 Å². The minimum absolute atomic E-state index is 0.280. The Balaban J connectivity index is 2.28. The first-order valence-electron chi connectivity index (χ1n) is 6.34. The van der Waals surface area contributed by atoms with Gasteiger partial charge in [0.2, 0.25) is 5.91 Å². The van der Waals surface area contributed by atoms with Gasteiger partial charge in [-0.25, -0.2) is 0 Å². The van der Waals surface area contributed by atoms with Crippen LogP contribution in [0.25, 0.3) is 11.0 Å². The van der Waals surface area contributed by atoms with Crippen molar-refractivity contribution >= 4 is 22.6 Å². The van der Waals surface area contributed by atoms with Gasteiger partial charge >= 0.3 is 11.1 Å². The molecule has 0 aliphatic heterocycles. The predicted molar refractivity (Wildman–Crippen MR) is 76.7 cm³/mol. The molecule has 0 aliphatic rings. The third-order valence-electron chi connectivity index (χ3n) is 2.93. The highest BCUT2D eigenvalue weighted by Crippen LogP contribution is 2.14. The van der Waals surface area contributed by atoms with Crippen molar-refractivity contribution in [2.75, 3.05) is 5.32 Å². The number of carbonyl (C=O) groups is 1. The van der Waals surface area contributed by atoms with Crippen molar-refractivity contribution in [3.05, 3.63) is 38.9 Å². The van der Waals surface area contributed by atoms with Crippen molar-refractivity contribution in [3.63, 3.8) is 0 Å². The molecule has 106 valence electrons. The molecule has 2 aromatic rings. The molecule has 0 spiro atoms. The van der Waals surface area contributed by atoms with Crippen LogP contribution in [0.3, 0.4) is 0 Å². The lowest BCUT2D eigenvalue weighted by atomic mass is 10.1. The van der Waals surface area contributed by atoms with Crippen LogP contribution in [0, 0.1) is 0 Å². The van der Waals surface area contributed by atoms with Gasteiger partial charge in [-0.3, -0.25) is 14.4 Å². The zero-order valence-corrected chi connectivity index (χ0v) is 11.0. The number of hydrogen-bond acceptors (Lipinski definition) is 4. The van der Waals surface area contributed by atoms with Gasteiger partial charge in [-0.1, -0.05) is 13.3 Å². The molecule has 2 rings (SSSR count). The highest BCUT2D eigenvalue weighted by Gasteiger charge is 2.12. The van der Waals surface area contributed by atoms with Crippen LogP contribution in [-0.2, 0) is 4.79 Å². The summed E-state index contributed by atoms with van der Waals surface area (Å²) in [6, 6.07) is 4.25. The molecule has 0 saturated heterocycles. The summed E-state index contributed by atoms with van der Waals surface area (Å²) in [6.07, 6.45) is 1.42. The van der Waals surface area contributed by atoms with Gasteiger partial charge in [0.25, 0.3) is 0 Å². The van der Waals surface area contributed by atoms with Crippen LogP contribution in [0.2, 0.25) is 0 Å². The fraction of sp³-hybridized carbons (Fsp3) is 0.308. The van der Waals surface area contributed by atoms with E-state index in [1.807, 2.05) is 6.92 Å². The molecule has 7 nitrogen and oxygen atoms in total. The molecule has 7 heteroatoms. The third-order valence-corrected chi connectivity index (χ3v) is 2.93. The van der Waals surface area contributed by atoms with E-state index in [2.05, 4.69) is 15.3 Å². The second-order valence-corrected chi connectivity index (χ2v) is 4.55. The molecular weight excluding hydrogens is 260 g/mol. The average molecular weight is 276 g/mol. The number of carbonyl (C=O) groups excluding carboxylic acids is 1. The lowest BCUT2D eigenvalue weighted by Gasteiger charge is -2.11. The largest absolute Gasteiger partial charge is 0.325 e. The molecule has 0 saturated carbocycles. The van der Waals surface area contributed by atoms with Crippen molar-refractivity contribution in [3.8, 4) is 0 Å². The van der Waals surface area contributed by atoms with E-state index in [1.54, 1.807) is 18.2 Å². The molecule has 1 aromatic heterocycles. The van der Waals surface area contributed by atoms with E-state index in [0.717, 1.165) is 6.42 Å². The summed E-state index contributed by atoms with van der Waals surface area (Å²) in [6.45, 7) is 1.95. The average Bonchev–Trinajstić information content (AvgIpc) is 2.40. The van der Waals surface area contributed by atoms with E-state index in [9.17, 15) is 14.4 Å². The van der Waals surface area contributed by atoms with Crippen molar-refractivity contribution in [2.24, 2.45) is 5.73 Å². The number of aromatic nitrogens is 2. The number of fused-ring (bicyclic) bond motifs is 1. The zero-order chi connectivity index (χ0) is 14.7. The molecule has 20 heavy (non-hydrogen) atoms. The molecule has 0 radical (unpaired) electrons. The summed E-state index contributed by atoms with van der Waals surface area (Å²) in [5.41, 5.74) is 5.72. The second kappa shape index (κ2) is 5.70. The van der Waals surface area contributed by atoms with Crippen LogP contribution < -0.4 is 22.2 Å². The number of nitrogens with two attached hydrogens (primary N) is 1. The van der Waals surface area contributed by atoms with Crippen LogP contribution in [0.15, 0.2) is 27.8 Å². The number of nitrogens with one attached hydrogen (secondary N) is 3. The van der Waals surface area contributed by atoms with Gasteiger partial charge in [-0.15, -0.1) is 0 Å². The Morgan fingerprint density at radius 1 is 1.25 bits per heavy atom. The maximum Gasteiger partial charge on any atom is 0.314 e. The number of rotatable bonds is 4. The van der Waals surface area contributed by atoms with E-state index in [-0.39, 0.29) is 5.91 Å². The number of amides is 1. The van der Waals surface area contributed by atoms with Crippen molar-refractivity contribution in [1.29, 1.82) is 0 Å². The monoisotopic (exact) mass is 276 g/mol. The number of benzene rings is 1. The summed E-state index contributed by atoms with van der Waals surface area (Å²) < 4.78 is 0. The summed E-state index contributed by atoms with van der Waals surface area (Å²) in [5.74, 6) is -0.280. The maximum absolute atomic E-state index is 11.8. The molecule has 5 N–H and O–H groups in total. The topological polar surface area (TPSA) is 121 Å². The summed E-state index contributed by atoms with van der Waals surface area (Å²) in [7, 11) is 0. The molecule has 1 heterocycles. The van der Waals surface area contributed by atoms with Crippen LogP contribution in [0.4, 0.5) is 5.69 Å². The Labute approximate surface area is 114 Å². The lowest BCUT2D eigenvalue weighted by Crippen LogP contribution is -2.35. The molecular formula is C13H16N4O3. The number of aromatic amines is 2. The standard InChI is InChI=1S/C13H16N4O3/c1-2-3-8(14)11(18)15-7-4-5-9-10(6-7)17-13(20)12(19)16-9/h4-6,8H,2-3,14H2,1H3,(H,15,18)(H,16,19)(H,17,20). The van der Waals surface area contributed by atoms with Gasteiger partial charge in [0, 0.05) is 5.69 Å². The highest BCUT2D eigenvalue weighted by atomic mass is 16.2. The summed E-state index contributed by atoms with van der Waals surface area (Å²) in [5, 5.41) is 2.67. The number of hydrogen-bond donors (Lipinski definition) is 4. The molecule has 1 amide bonds. The van der Waals surface area contributed by atoms with Crippen LogP contribution in [-0.4, -0.2) is 21.9 Å². The Morgan fingerprint density at radius 3 is 2.55 bits per heavy atom. The number of H-pyrrole nitrogens is 2. The van der Waals surface area contributed by atoms with Gasteiger partial charge < -0.3 is 21.0 Å². The summed E-state index contributed by atoms with van der Waals surface area (Å²) >= 11 is 0. The predicted octanol–water partition coefficient (Wildman–Crippen LogP) is 0.282. The van der Waals surface area contributed by atoms with Gasteiger partial charge in [-0.05, 0) is 24.6 Å². The molecule has 0 fully saturated rings. The van der Waals surface area contributed by atoms with Crippen molar-refractivity contribution < 1.29 is 4.79 Å². The fourth-order valence-electron chi connectivity index (χ4n) is 1.87. The smallest absolute Gasteiger partial charge is 0.314 e. The zero-order valence-electron chi connectivity index (χ0n) is 11.0. The third kappa shape index (κ3) is 2.94. The van der Waals surface area contributed by atoms with Crippen LogP contribution in [0.5, 0.6) is 0 Å². The minimum atomic E-state index is -0.733. The van der Waals surface area contributed by atoms with E-state index in [0.29, 0.717) is 23.1 Å². The molecule has 1 unspecified atom stereocenters. The molecule has 0 bridgehead atoms. The quantitative estimate of drug-likeness (QED) is 0.599. The second-order valence-electron chi connectivity index (χ2n) is 4.55. The van der Waals surface area contributed by atoms with Crippen LogP contribution in [0.1, 0.15) is 19.8 Å². The van der Waals surface area contributed by atoms with Gasteiger partial charge in [-0.2, -0.15) is 0 Å². The maximum atomic E-state index is 11.8. The minimum Gasteiger partial charge on any atom is -0.325 e. The Bertz CT molecular complexity index is 747. The lowest BCUT2D eigenvalue weighted by molar-refractivity contribution is -0.117. The Kier molecular flexibility index (Phi) is 3.99. The Hall–Kier alpha value is -2.41. The first-order chi connectivity index (χ1) is 9.51. The van der Waals surface area contributed by atoms with E-state index < -0.39 is 17.2 Å². The van der Waals surface area contributed by atoms with Crippen LogP contribution >= 0.6 is 0 Å². The van der Waals surface area contributed by atoms with E-state index in [1.165, 1.54) is 0 Å². The van der Waals surface area contributed by atoms with E-state index >= 15 is 0 Å². The first kappa shape index (κ1) is 14.0. The van der Waals surface area contributed by atoms with Crippen molar-refractivity contribution in [2.45, 2.75) is 25.8 Å². The van der Waals surface area contributed by atoms with Gasteiger partial charge in [0.15, 0.2) is 0 Å². The molecule has 0 aliphatic carbocycles. The van der Waals surface area contributed by atoms with Gasteiger partial charge in [0.1, 0.15) is 0 Å². The molecule has 1 atom stereocenters. The Morgan fingerprint density at radius 2 is 1.90 bits per heavy atom. The SMILES string of the molecule is CCCC(N)C(=O)Nc1ccc2[nH]c(=O)c(=O)[nH]c2c1. The highest BCUT2D eigenvalue weighted by molar-refractivity contribution is 5.96. The fourth-order valence-corrected chi connectivity index (χ4v) is 1.87. The summed E-state index contributed by atoms with van der Waals surface area (Å²) in [4.78, 5) is 39.1. The van der Waals surface area contributed by atoms with E-state index in [4.69, 9.17) is 5.73 Å². The number of anilines is 1. The normalized spacial score (nSPS) is 12.3.